The first-order chi connectivity index (χ1) is 6.36. The summed E-state index contributed by atoms with van der Waals surface area (Å²) in [6, 6.07) is 9.44. The van der Waals surface area contributed by atoms with Gasteiger partial charge in [-0.15, -0.1) is 0 Å². The predicted octanol–water partition coefficient (Wildman–Crippen LogP) is 1.53. The van der Waals surface area contributed by atoms with Crippen molar-refractivity contribution in [1.29, 1.82) is 0 Å². The van der Waals surface area contributed by atoms with Crippen LogP contribution in [0.4, 0.5) is 0 Å². The van der Waals surface area contributed by atoms with Gasteiger partial charge in [0.1, 0.15) is 0 Å². The van der Waals surface area contributed by atoms with Crippen LogP contribution < -0.4 is 5.32 Å². The molecule has 2 nitrogen and oxygen atoms in total. The highest BCUT2D eigenvalue weighted by Crippen LogP contribution is 2.20. The summed E-state index contributed by atoms with van der Waals surface area (Å²) in [5, 5.41) is 3.81. The summed E-state index contributed by atoms with van der Waals surface area (Å²) in [6.07, 6.45) is 0. The molecule has 0 unspecified atom stereocenters. The maximum atomic E-state index is 11.6. The Morgan fingerprint density at radius 3 is 2.54 bits per heavy atom. The Bertz CT molecular complexity index is 295. The normalized spacial score (nSPS) is 16.6. The molecule has 1 fully saturated rings. The summed E-state index contributed by atoms with van der Waals surface area (Å²) >= 11 is 1.44. The zero-order chi connectivity index (χ0) is 9.10. The van der Waals surface area contributed by atoms with Crippen molar-refractivity contribution in [1.82, 2.24) is 5.32 Å². The smallest absolute Gasteiger partial charge is 0.219 e. The maximum Gasteiger partial charge on any atom is 0.219 e. The number of carbonyl (C=O) groups is 1. The molecule has 2 rings (SSSR count). The van der Waals surface area contributed by atoms with Gasteiger partial charge in [-0.2, -0.15) is 0 Å². The van der Waals surface area contributed by atoms with Crippen molar-refractivity contribution in [2.24, 2.45) is 0 Å². The highest BCUT2D eigenvalue weighted by molar-refractivity contribution is 8.14. The summed E-state index contributed by atoms with van der Waals surface area (Å²) < 4.78 is 0. The molecule has 0 bridgehead atoms. The molecule has 1 aliphatic heterocycles. The number of nitrogens with one attached hydrogen (secondary N) is 1. The van der Waals surface area contributed by atoms with Gasteiger partial charge in [-0.3, -0.25) is 4.79 Å². The summed E-state index contributed by atoms with van der Waals surface area (Å²) in [5.74, 6) is 0. The van der Waals surface area contributed by atoms with E-state index in [1.807, 2.05) is 30.3 Å². The Kier molecular flexibility index (Phi) is 2.66. The molecule has 68 valence electrons. The fourth-order valence-electron chi connectivity index (χ4n) is 1.14. The van der Waals surface area contributed by atoms with E-state index >= 15 is 0 Å². The van der Waals surface area contributed by atoms with Gasteiger partial charge >= 0.3 is 0 Å². The molecule has 1 aromatic carbocycles. The third-order valence-electron chi connectivity index (χ3n) is 2.03. The highest BCUT2D eigenvalue weighted by Gasteiger charge is 2.21. The van der Waals surface area contributed by atoms with E-state index in [4.69, 9.17) is 0 Å². The number of rotatable bonds is 2. The van der Waals surface area contributed by atoms with Gasteiger partial charge in [0.05, 0.1) is 0 Å². The molecular formula is C10H11NOS. The van der Waals surface area contributed by atoms with E-state index in [1.54, 1.807) is 0 Å². The Morgan fingerprint density at radius 2 is 2.00 bits per heavy atom. The third kappa shape index (κ3) is 2.11. The fraction of sp³-hybridized carbons (Fsp3) is 0.300. The second kappa shape index (κ2) is 3.94. The van der Waals surface area contributed by atoms with Crippen molar-refractivity contribution in [2.45, 2.75) is 5.25 Å². The van der Waals surface area contributed by atoms with E-state index in [-0.39, 0.29) is 5.12 Å². The molecule has 1 heterocycles. The Morgan fingerprint density at radius 1 is 1.31 bits per heavy atom. The molecule has 13 heavy (non-hydrogen) atoms. The minimum atomic E-state index is 0.187. The first kappa shape index (κ1) is 8.78. The standard InChI is InChI=1S/C10H11NOS/c12-10(13-9-6-11-7-9)8-4-2-1-3-5-8/h1-5,9,11H,6-7H2. The Balaban J connectivity index is 1.97. The zero-order valence-electron chi connectivity index (χ0n) is 7.19. The van der Waals surface area contributed by atoms with Gasteiger partial charge in [-0.1, -0.05) is 42.1 Å². The lowest BCUT2D eigenvalue weighted by molar-refractivity contribution is 0.108. The molecule has 0 atom stereocenters. The average Bonchev–Trinajstić information content (AvgIpc) is 2.12. The lowest BCUT2D eigenvalue weighted by atomic mass is 10.2. The predicted molar refractivity (Wildman–Crippen MR) is 55.0 cm³/mol. The van der Waals surface area contributed by atoms with E-state index in [2.05, 4.69) is 5.32 Å². The number of benzene rings is 1. The minimum absolute atomic E-state index is 0.187. The first-order valence-electron chi connectivity index (χ1n) is 4.33. The van der Waals surface area contributed by atoms with E-state index in [0.29, 0.717) is 5.25 Å². The molecule has 3 heteroatoms. The average molecular weight is 193 g/mol. The number of hydrogen-bond acceptors (Lipinski definition) is 3. The molecule has 0 spiro atoms. The van der Waals surface area contributed by atoms with Crippen molar-refractivity contribution < 1.29 is 4.79 Å². The quantitative estimate of drug-likeness (QED) is 0.772. The van der Waals surface area contributed by atoms with Crippen molar-refractivity contribution in [3.8, 4) is 0 Å². The SMILES string of the molecule is O=C(SC1CNC1)c1ccccc1. The van der Waals surface area contributed by atoms with Gasteiger partial charge in [0.25, 0.3) is 0 Å². The summed E-state index contributed by atoms with van der Waals surface area (Å²) in [4.78, 5) is 11.6. The molecule has 0 amide bonds. The zero-order valence-corrected chi connectivity index (χ0v) is 8.01. The van der Waals surface area contributed by atoms with E-state index in [9.17, 15) is 4.79 Å². The monoisotopic (exact) mass is 193 g/mol. The van der Waals surface area contributed by atoms with Gasteiger partial charge in [-0.05, 0) is 0 Å². The molecule has 1 N–H and O–H groups in total. The topological polar surface area (TPSA) is 29.1 Å². The van der Waals surface area contributed by atoms with Gasteiger partial charge in [0, 0.05) is 23.9 Å². The Labute approximate surface area is 81.7 Å². The number of hydrogen-bond donors (Lipinski definition) is 1. The van der Waals surface area contributed by atoms with Crippen LogP contribution in [-0.4, -0.2) is 23.5 Å². The molecular weight excluding hydrogens is 182 g/mol. The van der Waals surface area contributed by atoms with Crippen molar-refractivity contribution >= 4 is 16.9 Å². The molecule has 1 saturated heterocycles. The van der Waals surface area contributed by atoms with E-state index < -0.39 is 0 Å². The van der Waals surface area contributed by atoms with Crippen LogP contribution >= 0.6 is 11.8 Å². The summed E-state index contributed by atoms with van der Waals surface area (Å²) in [7, 11) is 0. The van der Waals surface area contributed by atoms with Crippen LogP contribution in [0.25, 0.3) is 0 Å². The largest absolute Gasteiger partial charge is 0.314 e. The van der Waals surface area contributed by atoms with Crippen molar-refractivity contribution in [2.75, 3.05) is 13.1 Å². The molecule has 0 aromatic heterocycles. The highest BCUT2D eigenvalue weighted by atomic mass is 32.2. The van der Waals surface area contributed by atoms with Gasteiger partial charge < -0.3 is 5.32 Å². The van der Waals surface area contributed by atoms with Crippen LogP contribution in [0, 0.1) is 0 Å². The summed E-state index contributed by atoms with van der Waals surface area (Å²) in [5.41, 5.74) is 0.805. The second-order valence-electron chi connectivity index (χ2n) is 3.05. The fourth-order valence-corrected chi connectivity index (χ4v) is 2.12. The van der Waals surface area contributed by atoms with Crippen LogP contribution in [0.15, 0.2) is 30.3 Å². The van der Waals surface area contributed by atoms with Crippen molar-refractivity contribution in [3.63, 3.8) is 0 Å². The van der Waals surface area contributed by atoms with Gasteiger partial charge in [-0.25, -0.2) is 0 Å². The van der Waals surface area contributed by atoms with Crippen molar-refractivity contribution in [3.05, 3.63) is 35.9 Å². The van der Waals surface area contributed by atoms with Crippen LogP contribution in [0.1, 0.15) is 10.4 Å². The molecule has 0 saturated carbocycles. The van der Waals surface area contributed by atoms with Crippen LogP contribution in [-0.2, 0) is 0 Å². The third-order valence-corrected chi connectivity index (χ3v) is 3.14. The maximum absolute atomic E-state index is 11.6. The van der Waals surface area contributed by atoms with E-state index in [0.717, 1.165) is 18.7 Å². The lowest BCUT2D eigenvalue weighted by Gasteiger charge is -2.25. The van der Waals surface area contributed by atoms with Gasteiger partial charge in [0.15, 0.2) is 0 Å². The van der Waals surface area contributed by atoms with Crippen LogP contribution in [0.5, 0.6) is 0 Å². The van der Waals surface area contributed by atoms with Gasteiger partial charge in [0.2, 0.25) is 5.12 Å². The van der Waals surface area contributed by atoms with Crippen LogP contribution in [0.2, 0.25) is 0 Å². The second-order valence-corrected chi connectivity index (χ2v) is 4.32. The van der Waals surface area contributed by atoms with Crippen LogP contribution in [0.3, 0.4) is 0 Å². The summed E-state index contributed by atoms with van der Waals surface area (Å²) in [6.45, 7) is 1.92. The number of carbonyl (C=O) groups excluding carboxylic acids is 1. The van der Waals surface area contributed by atoms with E-state index in [1.165, 1.54) is 11.8 Å². The number of thioether (sulfide) groups is 1. The molecule has 0 aliphatic carbocycles. The lowest BCUT2D eigenvalue weighted by Crippen LogP contribution is -2.45. The molecule has 1 aromatic rings. The minimum Gasteiger partial charge on any atom is -0.314 e. The molecule has 0 radical (unpaired) electrons. The molecule has 1 aliphatic rings. The first-order valence-corrected chi connectivity index (χ1v) is 5.21. The Hall–Kier alpha value is -0.800.